The minimum absolute atomic E-state index is 0.0199. The lowest BCUT2D eigenvalue weighted by atomic mass is 10.1. The largest absolute Gasteiger partial charge is 0.496 e. The van der Waals surface area contributed by atoms with E-state index in [1.165, 1.54) is 12.1 Å². The summed E-state index contributed by atoms with van der Waals surface area (Å²) in [6, 6.07) is 4.60. The van der Waals surface area contributed by atoms with Crippen LogP contribution < -0.4 is 15.8 Å². The van der Waals surface area contributed by atoms with E-state index in [2.05, 4.69) is 5.32 Å². The highest BCUT2D eigenvalue weighted by Crippen LogP contribution is 2.30. The van der Waals surface area contributed by atoms with Crippen molar-refractivity contribution in [1.82, 2.24) is 5.32 Å². The van der Waals surface area contributed by atoms with Crippen molar-refractivity contribution in [3.05, 3.63) is 29.6 Å². The third-order valence-corrected chi connectivity index (χ3v) is 3.18. The third kappa shape index (κ3) is 3.41. The summed E-state index contributed by atoms with van der Waals surface area (Å²) in [7, 11) is 1.60. The van der Waals surface area contributed by atoms with E-state index < -0.39 is 0 Å². The summed E-state index contributed by atoms with van der Waals surface area (Å²) in [5, 5.41) is 3.30. The van der Waals surface area contributed by atoms with Gasteiger partial charge in [0.1, 0.15) is 11.6 Å². The van der Waals surface area contributed by atoms with Crippen LogP contribution in [0.2, 0.25) is 0 Å². The van der Waals surface area contributed by atoms with Gasteiger partial charge in [-0.25, -0.2) is 4.39 Å². The van der Waals surface area contributed by atoms with Crippen LogP contribution >= 0.6 is 0 Å². The fraction of sp³-hybridized carbons (Fsp3) is 0.538. The van der Waals surface area contributed by atoms with Crippen LogP contribution in [0, 0.1) is 5.82 Å². The van der Waals surface area contributed by atoms with Gasteiger partial charge in [0.05, 0.1) is 7.11 Å². The maximum absolute atomic E-state index is 13.1. The molecule has 2 rings (SSSR count). The summed E-state index contributed by atoms with van der Waals surface area (Å²) in [5.41, 5.74) is 6.87. The zero-order chi connectivity index (χ0) is 12.3. The normalized spacial score (nSPS) is 16.9. The number of methoxy groups -OCH3 is 1. The molecule has 0 radical (unpaired) electrons. The van der Waals surface area contributed by atoms with Crippen molar-refractivity contribution < 1.29 is 9.13 Å². The zero-order valence-corrected chi connectivity index (χ0v) is 10.1. The minimum atomic E-state index is -0.224. The van der Waals surface area contributed by atoms with E-state index in [9.17, 15) is 4.39 Å². The second-order valence-corrected chi connectivity index (χ2v) is 4.75. The van der Waals surface area contributed by atoms with Gasteiger partial charge in [0, 0.05) is 12.1 Å². The van der Waals surface area contributed by atoms with Crippen LogP contribution in [0.5, 0.6) is 5.75 Å². The Hall–Kier alpha value is -1.13. The molecule has 0 bridgehead atoms. The predicted molar refractivity (Wildman–Crippen MR) is 65.7 cm³/mol. The molecule has 0 heterocycles. The van der Waals surface area contributed by atoms with Crippen LogP contribution in [0.15, 0.2) is 18.2 Å². The molecule has 0 unspecified atom stereocenters. The number of ether oxygens (including phenoxy) is 1. The summed E-state index contributed by atoms with van der Waals surface area (Å²) in [6.45, 7) is 1.63. The SMILES string of the molecule is COc1ccc(F)cc1CCNCC1(N)CC1. The summed E-state index contributed by atoms with van der Waals surface area (Å²) in [5.74, 6) is 0.514. The van der Waals surface area contributed by atoms with Gasteiger partial charge in [0.15, 0.2) is 0 Å². The second-order valence-electron chi connectivity index (χ2n) is 4.75. The Balaban J connectivity index is 1.82. The molecule has 1 aliphatic carbocycles. The maximum atomic E-state index is 13.1. The van der Waals surface area contributed by atoms with Gasteiger partial charge in [-0.3, -0.25) is 0 Å². The quantitative estimate of drug-likeness (QED) is 0.738. The Morgan fingerprint density at radius 2 is 2.24 bits per heavy atom. The molecule has 0 aromatic heterocycles. The Morgan fingerprint density at radius 1 is 1.47 bits per heavy atom. The number of benzene rings is 1. The summed E-state index contributed by atoms with van der Waals surface area (Å²) in [6.07, 6.45) is 2.95. The molecule has 17 heavy (non-hydrogen) atoms. The van der Waals surface area contributed by atoms with Crippen molar-refractivity contribution in [3.8, 4) is 5.75 Å². The monoisotopic (exact) mass is 238 g/mol. The topological polar surface area (TPSA) is 47.3 Å². The molecule has 3 nitrogen and oxygen atoms in total. The van der Waals surface area contributed by atoms with Gasteiger partial charge in [0.25, 0.3) is 0 Å². The summed E-state index contributed by atoms with van der Waals surface area (Å²) < 4.78 is 18.3. The van der Waals surface area contributed by atoms with Crippen molar-refractivity contribution in [2.45, 2.75) is 24.8 Å². The van der Waals surface area contributed by atoms with Crippen LogP contribution in [0.3, 0.4) is 0 Å². The average Bonchev–Trinajstić information content (AvgIpc) is 3.04. The molecule has 1 saturated carbocycles. The average molecular weight is 238 g/mol. The van der Waals surface area contributed by atoms with Crippen LogP contribution in [0.1, 0.15) is 18.4 Å². The molecule has 94 valence electrons. The van der Waals surface area contributed by atoms with E-state index in [0.717, 1.165) is 43.7 Å². The van der Waals surface area contributed by atoms with Gasteiger partial charge in [0.2, 0.25) is 0 Å². The molecule has 1 aliphatic rings. The second kappa shape index (κ2) is 5.02. The van der Waals surface area contributed by atoms with Gasteiger partial charge >= 0.3 is 0 Å². The molecule has 0 amide bonds. The molecule has 1 aromatic carbocycles. The smallest absolute Gasteiger partial charge is 0.123 e. The lowest BCUT2D eigenvalue weighted by Gasteiger charge is -2.12. The molecular formula is C13H19FN2O. The highest BCUT2D eigenvalue weighted by Gasteiger charge is 2.37. The molecule has 0 aliphatic heterocycles. The van der Waals surface area contributed by atoms with Gasteiger partial charge in [-0.15, -0.1) is 0 Å². The minimum Gasteiger partial charge on any atom is -0.496 e. The number of hydrogen-bond acceptors (Lipinski definition) is 3. The van der Waals surface area contributed by atoms with E-state index in [1.807, 2.05) is 0 Å². The first kappa shape index (κ1) is 12.3. The predicted octanol–water partition coefficient (Wildman–Crippen LogP) is 1.46. The lowest BCUT2D eigenvalue weighted by Crippen LogP contribution is -2.36. The molecule has 3 N–H and O–H groups in total. The van der Waals surface area contributed by atoms with E-state index in [1.54, 1.807) is 13.2 Å². The molecule has 0 saturated heterocycles. The van der Waals surface area contributed by atoms with Crippen LogP contribution in [0.4, 0.5) is 4.39 Å². The number of hydrogen-bond donors (Lipinski definition) is 2. The highest BCUT2D eigenvalue weighted by molar-refractivity contribution is 5.34. The molecule has 0 atom stereocenters. The number of rotatable bonds is 6. The molecule has 1 fully saturated rings. The first-order chi connectivity index (χ1) is 8.13. The molecule has 4 heteroatoms. The Labute approximate surface area is 101 Å². The highest BCUT2D eigenvalue weighted by atomic mass is 19.1. The fourth-order valence-corrected chi connectivity index (χ4v) is 1.84. The third-order valence-electron chi connectivity index (χ3n) is 3.18. The van der Waals surface area contributed by atoms with Gasteiger partial charge in [-0.05, 0) is 49.6 Å². The van der Waals surface area contributed by atoms with E-state index in [4.69, 9.17) is 10.5 Å². The maximum Gasteiger partial charge on any atom is 0.123 e. The summed E-state index contributed by atoms with van der Waals surface area (Å²) >= 11 is 0. The van der Waals surface area contributed by atoms with Gasteiger partial charge < -0.3 is 15.8 Å². The summed E-state index contributed by atoms with van der Waals surface area (Å²) in [4.78, 5) is 0. The number of halogens is 1. The Morgan fingerprint density at radius 3 is 2.88 bits per heavy atom. The van der Waals surface area contributed by atoms with Crippen LogP contribution in [-0.2, 0) is 6.42 Å². The van der Waals surface area contributed by atoms with Crippen LogP contribution in [0.25, 0.3) is 0 Å². The van der Waals surface area contributed by atoms with E-state index >= 15 is 0 Å². The Bertz CT molecular complexity index is 391. The zero-order valence-electron chi connectivity index (χ0n) is 10.1. The Kier molecular flexibility index (Phi) is 3.64. The van der Waals surface area contributed by atoms with Crippen molar-refractivity contribution in [2.75, 3.05) is 20.2 Å². The van der Waals surface area contributed by atoms with Crippen molar-refractivity contribution in [3.63, 3.8) is 0 Å². The van der Waals surface area contributed by atoms with Crippen molar-refractivity contribution in [2.24, 2.45) is 5.73 Å². The first-order valence-electron chi connectivity index (χ1n) is 5.95. The standard InChI is InChI=1S/C13H19FN2O/c1-17-12-3-2-11(14)8-10(12)4-7-16-9-13(15)5-6-13/h2-3,8,16H,4-7,9,15H2,1H3. The number of nitrogens with one attached hydrogen (secondary N) is 1. The fourth-order valence-electron chi connectivity index (χ4n) is 1.84. The van der Waals surface area contributed by atoms with E-state index in [0.29, 0.717) is 0 Å². The first-order valence-corrected chi connectivity index (χ1v) is 5.95. The molecule has 1 aromatic rings. The van der Waals surface area contributed by atoms with Crippen LogP contribution in [-0.4, -0.2) is 25.7 Å². The van der Waals surface area contributed by atoms with Crippen molar-refractivity contribution in [1.29, 1.82) is 0 Å². The van der Waals surface area contributed by atoms with E-state index in [-0.39, 0.29) is 11.4 Å². The van der Waals surface area contributed by atoms with Crippen molar-refractivity contribution >= 4 is 0 Å². The molecular weight excluding hydrogens is 219 g/mol. The lowest BCUT2D eigenvalue weighted by molar-refractivity contribution is 0.407. The number of nitrogens with two attached hydrogens (primary N) is 1. The van der Waals surface area contributed by atoms with Gasteiger partial charge in [-0.2, -0.15) is 0 Å². The van der Waals surface area contributed by atoms with Gasteiger partial charge in [-0.1, -0.05) is 0 Å². The molecule has 0 spiro atoms.